The van der Waals surface area contributed by atoms with Crippen LogP contribution in [0, 0.1) is 0 Å². The topological polar surface area (TPSA) is 30.7 Å². The van der Waals surface area contributed by atoms with Gasteiger partial charge in [0, 0.05) is 6.20 Å². The van der Waals surface area contributed by atoms with Crippen molar-refractivity contribution < 1.29 is 0 Å². The molecule has 0 fully saturated rings. The van der Waals surface area contributed by atoms with Crippen LogP contribution in [0.15, 0.2) is 12.4 Å². The zero-order valence-electron chi connectivity index (χ0n) is 12.9. The Balaban J connectivity index is 2.25. The minimum atomic E-state index is 0.570. The van der Waals surface area contributed by atoms with Gasteiger partial charge in [0.25, 0.3) is 0 Å². The second kappa shape index (κ2) is 11.0. The van der Waals surface area contributed by atoms with E-state index in [1.807, 2.05) is 6.20 Å². The number of aromatic nitrogens is 3. The van der Waals surface area contributed by atoms with Crippen molar-refractivity contribution in [3.63, 3.8) is 0 Å². The molecule has 110 valence electrons. The molecule has 1 unspecified atom stereocenters. The lowest BCUT2D eigenvalue weighted by molar-refractivity contribution is 0.361. The highest BCUT2D eigenvalue weighted by atomic mass is 15.4. The molecule has 19 heavy (non-hydrogen) atoms. The van der Waals surface area contributed by atoms with E-state index in [-0.39, 0.29) is 0 Å². The van der Waals surface area contributed by atoms with Crippen LogP contribution >= 0.6 is 0 Å². The van der Waals surface area contributed by atoms with Gasteiger partial charge < -0.3 is 0 Å². The zero-order chi connectivity index (χ0) is 13.8. The first kappa shape index (κ1) is 16.2. The van der Waals surface area contributed by atoms with Gasteiger partial charge in [-0.05, 0) is 12.8 Å². The number of rotatable bonds is 12. The third kappa shape index (κ3) is 7.34. The van der Waals surface area contributed by atoms with Crippen molar-refractivity contribution in [2.75, 3.05) is 0 Å². The molecule has 0 amide bonds. The van der Waals surface area contributed by atoms with E-state index in [9.17, 15) is 0 Å². The molecule has 0 aliphatic rings. The van der Waals surface area contributed by atoms with Gasteiger partial charge in [0.1, 0.15) is 0 Å². The molecule has 3 heteroatoms. The van der Waals surface area contributed by atoms with E-state index >= 15 is 0 Å². The molecule has 1 atom stereocenters. The monoisotopic (exact) mass is 265 g/mol. The lowest BCUT2D eigenvalue weighted by atomic mass is 10.0. The molecule has 0 aliphatic heterocycles. The SMILES string of the molecule is CCCCCCCC(CCCCCC)n1ccnn1. The van der Waals surface area contributed by atoms with E-state index in [1.165, 1.54) is 70.6 Å². The summed E-state index contributed by atoms with van der Waals surface area (Å²) in [5.41, 5.74) is 0. The van der Waals surface area contributed by atoms with E-state index < -0.39 is 0 Å². The van der Waals surface area contributed by atoms with Crippen LogP contribution < -0.4 is 0 Å². The average Bonchev–Trinajstić information content (AvgIpc) is 2.95. The fourth-order valence-electron chi connectivity index (χ4n) is 2.61. The largest absolute Gasteiger partial charge is 0.250 e. The van der Waals surface area contributed by atoms with Crippen molar-refractivity contribution in [3.8, 4) is 0 Å². The predicted octanol–water partition coefficient (Wildman–Crippen LogP) is 5.15. The lowest BCUT2D eigenvalue weighted by Crippen LogP contribution is -2.10. The minimum Gasteiger partial charge on any atom is -0.250 e. The standard InChI is InChI=1S/C16H31N3/c1-3-5-7-9-11-13-16(12-10-8-6-4-2)19-15-14-17-18-19/h14-16H,3-13H2,1-2H3. The smallest absolute Gasteiger partial charge is 0.0693 e. The normalized spacial score (nSPS) is 12.7. The summed E-state index contributed by atoms with van der Waals surface area (Å²) in [7, 11) is 0. The first-order valence-electron chi connectivity index (χ1n) is 8.24. The molecule has 1 rings (SSSR count). The Morgan fingerprint density at radius 2 is 1.42 bits per heavy atom. The van der Waals surface area contributed by atoms with Crippen LogP contribution in [0.4, 0.5) is 0 Å². The zero-order valence-corrected chi connectivity index (χ0v) is 12.9. The van der Waals surface area contributed by atoms with Gasteiger partial charge in [-0.3, -0.25) is 0 Å². The van der Waals surface area contributed by atoms with Crippen LogP contribution in [-0.2, 0) is 0 Å². The number of unbranched alkanes of at least 4 members (excludes halogenated alkanes) is 7. The van der Waals surface area contributed by atoms with Crippen molar-refractivity contribution in [2.24, 2.45) is 0 Å². The molecule has 0 spiro atoms. The first-order valence-corrected chi connectivity index (χ1v) is 8.24. The maximum atomic E-state index is 4.20. The van der Waals surface area contributed by atoms with Crippen LogP contribution in [0.25, 0.3) is 0 Å². The Kier molecular flexibility index (Phi) is 9.38. The molecular weight excluding hydrogens is 234 g/mol. The van der Waals surface area contributed by atoms with Gasteiger partial charge in [0.05, 0.1) is 12.2 Å². The van der Waals surface area contributed by atoms with E-state index in [4.69, 9.17) is 0 Å². The molecule has 0 saturated carbocycles. The van der Waals surface area contributed by atoms with Crippen molar-refractivity contribution in [1.82, 2.24) is 15.0 Å². The van der Waals surface area contributed by atoms with E-state index in [1.54, 1.807) is 6.20 Å². The van der Waals surface area contributed by atoms with Crippen LogP contribution in [0.2, 0.25) is 0 Å². The summed E-state index contributed by atoms with van der Waals surface area (Å²) >= 11 is 0. The third-order valence-corrected chi connectivity index (χ3v) is 3.85. The fourth-order valence-corrected chi connectivity index (χ4v) is 2.61. The van der Waals surface area contributed by atoms with Crippen molar-refractivity contribution in [3.05, 3.63) is 12.4 Å². The molecule has 0 bridgehead atoms. The number of nitrogens with zero attached hydrogens (tertiary/aromatic N) is 3. The predicted molar refractivity (Wildman–Crippen MR) is 81.2 cm³/mol. The lowest BCUT2D eigenvalue weighted by Gasteiger charge is -2.16. The quantitative estimate of drug-likeness (QED) is 0.489. The van der Waals surface area contributed by atoms with Crippen LogP contribution in [0.3, 0.4) is 0 Å². The third-order valence-electron chi connectivity index (χ3n) is 3.85. The second-order valence-electron chi connectivity index (χ2n) is 5.59. The van der Waals surface area contributed by atoms with Crippen LogP contribution in [-0.4, -0.2) is 15.0 Å². The first-order chi connectivity index (χ1) is 9.38. The molecule has 3 nitrogen and oxygen atoms in total. The van der Waals surface area contributed by atoms with Gasteiger partial charge in [0.15, 0.2) is 0 Å². The Hall–Kier alpha value is -0.860. The summed E-state index contributed by atoms with van der Waals surface area (Å²) in [6.45, 7) is 4.54. The number of hydrogen-bond donors (Lipinski definition) is 0. The Morgan fingerprint density at radius 1 is 0.842 bits per heavy atom. The summed E-state index contributed by atoms with van der Waals surface area (Å²) < 4.78 is 2.08. The average molecular weight is 265 g/mol. The van der Waals surface area contributed by atoms with Crippen molar-refractivity contribution in [2.45, 2.75) is 90.5 Å². The highest BCUT2D eigenvalue weighted by Crippen LogP contribution is 2.22. The molecule has 0 saturated heterocycles. The van der Waals surface area contributed by atoms with Gasteiger partial charge in [-0.2, -0.15) is 0 Å². The highest BCUT2D eigenvalue weighted by molar-refractivity contribution is 4.73. The molecular formula is C16H31N3. The Labute approximate surface area is 118 Å². The molecule has 0 aromatic carbocycles. The van der Waals surface area contributed by atoms with Gasteiger partial charge in [0.2, 0.25) is 0 Å². The molecule has 1 heterocycles. The highest BCUT2D eigenvalue weighted by Gasteiger charge is 2.10. The van der Waals surface area contributed by atoms with Gasteiger partial charge in [-0.25, -0.2) is 4.68 Å². The van der Waals surface area contributed by atoms with Gasteiger partial charge >= 0.3 is 0 Å². The molecule has 0 N–H and O–H groups in total. The minimum absolute atomic E-state index is 0.570. The molecule has 0 radical (unpaired) electrons. The summed E-state index contributed by atoms with van der Waals surface area (Å²) in [6.07, 6.45) is 18.5. The fraction of sp³-hybridized carbons (Fsp3) is 0.875. The Morgan fingerprint density at radius 3 is 1.95 bits per heavy atom. The summed E-state index contributed by atoms with van der Waals surface area (Å²) in [5, 5.41) is 8.16. The van der Waals surface area contributed by atoms with Crippen LogP contribution in [0.1, 0.15) is 90.5 Å². The van der Waals surface area contributed by atoms with Gasteiger partial charge in [-0.1, -0.05) is 76.8 Å². The van der Waals surface area contributed by atoms with Crippen LogP contribution in [0.5, 0.6) is 0 Å². The maximum Gasteiger partial charge on any atom is 0.0693 e. The Bertz CT molecular complexity index is 282. The summed E-state index contributed by atoms with van der Waals surface area (Å²) in [6, 6.07) is 0.570. The van der Waals surface area contributed by atoms with Crippen molar-refractivity contribution in [1.29, 1.82) is 0 Å². The maximum absolute atomic E-state index is 4.20. The molecule has 0 aliphatic carbocycles. The number of hydrogen-bond acceptors (Lipinski definition) is 2. The van der Waals surface area contributed by atoms with E-state index in [0.717, 1.165) is 0 Å². The molecule has 1 aromatic heterocycles. The van der Waals surface area contributed by atoms with E-state index in [0.29, 0.717) is 6.04 Å². The van der Waals surface area contributed by atoms with Gasteiger partial charge in [-0.15, -0.1) is 5.10 Å². The summed E-state index contributed by atoms with van der Waals surface area (Å²) in [4.78, 5) is 0. The molecule has 1 aromatic rings. The van der Waals surface area contributed by atoms with Crippen molar-refractivity contribution >= 4 is 0 Å². The second-order valence-corrected chi connectivity index (χ2v) is 5.59. The summed E-state index contributed by atoms with van der Waals surface area (Å²) in [5.74, 6) is 0. The van der Waals surface area contributed by atoms with E-state index in [2.05, 4.69) is 28.8 Å².